The first-order chi connectivity index (χ1) is 24.8. The molecule has 4 unspecified atom stereocenters. The monoisotopic (exact) mass is 743 g/mol. The zero-order chi connectivity index (χ0) is 37.7. The topological polar surface area (TPSA) is 151 Å². The number of phosphoric ester groups is 1. The fourth-order valence-electron chi connectivity index (χ4n) is 5.85. The van der Waals surface area contributed by atoms with Gasteiger partial charge < -0.3 is 26.2 Å². The number of hydrogen-bond acceptors (Lipinski definition) is 7. The lowest BCUT2D eigenvalue weighted by molar-refractivity contribution is -0.124. The number of nitrogens with one attached hydrogen (secondary N) is 1. The number of phosphoric acid groups is 1. The summed E-state index contributed by atoms with van der Waals surface area (Å²) in [6.07, 6.45) is 39.4. The van der Waals surface area contributed by atoms with E-state index in [0.717, 1.165) is 44.9 Å². The van der Waals surface area contributed by atoms with Crippen LogP contribution in [0.1, 0.15) is 181 Å². The van der Waals surface area contributed by atoms with Crippen molar-refractivity contribution in [2.24, 2.45) is 5.73 Å². The molecule has 0 aliphatic carbocycles. The summed E-state index contributed by atoms with van der Waals surface area (Å²) >= 11 is 0. The Morgan fingerprint density at radius 1 is 0.667 bits per heavy atom. The molecule has 0 aromatic carbocycles. The Morgan fingerprint density at radius 2 is 1.12 bits per heavy atom. The maximum Gasteiger partial charge on any atom is 0.472 e. The van der Waals surface area contributed by atoms with E-state index in [4.69, 9.17) is 14.8 Å². The van der Waals surface area contributed by atoms with E-state index in [2.05, 4.69) is 43.5 Å². The van der Waals surface area contributed by atoms with Gasteiger partial charge in [-0.15, -0.1) is 0 Å². The molecule has 0 rings (SSSR count). The van der Waals surface area contributed by atoms with Gasteiger partial charge in [-0.25, -0.2) is 4.57 Å². The van der Waals surface area contributed by atoms with Crippen molar-refractivity contribution in [2.75, 3.05) is 19.8 Å². The normalized spacial score (nSPS) is 15.2. The molecule has 0 aromatic rings. The predicted octanol–water partition coefficient (Wildman–Crippen LogP) is 10.1. The van der Waals surface area contributed by atoms with Crippen molar-refractivity contribution in [3.63, 3.8) is 0 Å². The summed E-state index contributed by atoms with van der Waals surface area (Å²) in [7, 11) is -4.41. The van der Waals surface area contributed by atoms with Crippen molar-refractivity contribution in [3.05, 3.63) is 36.5 Å². The lowest BCUT2D eigenvalue weighted by Crippen LogP contribution is -2.46. The summed E-state index contributed by atoms with van der Waals surface area (Å²) in [6, 6.07) is -1.00. The van der Waals surface area contributed by atoms with Gasteiger partial charge in [-0.05, 0) is 44.9 Å². The number of aliphatic hydroxyl groups excluding tert-OH is 2. The molecule has 300 valence electrons. The smallest absolute Gasteiger partial charge is 0.393 e. The molecule has 0 radical (unpaired) electrons. The van der Waals surface area contributed by atoms with E-state index in [9.17, 15) is 24.5 Å². The van der Waals surface area contributed by atoms with Crippen molar-refractivity contribution in [3.8, 4) is 0 Å². The molecule has 0 saturated carbocycles. The van der Waals surface area contributed by atoms with Gasteiger partial charge in [0, 0.05) is 6.54 Å². The lowest BCUT2D eigenvalue weighted by atomic mass is 10.0. The van der Waals surface area contributed by atoms with Crippen molar-refractivity contribution in [1.29, 1.82) is 0 Å². The molecule has 0 aromatic heterocycles. The third-order valence-electron chi connectivity index (χ3n) is 9.00. The molecule has 0 bridgehead atoms. The van der Waals surface area contributed by atoms with E-state index in [1.54, 1.807) is 6.08 Å². The molecule has 0 saturated heterocycles. The van der Waals surface area contributed by atoms with E-state index in [0.29, 0.717) is 12.8 Å². The van der Waals surface area contributed by atoms with Crippen LogP contribution in [0.25, 0.3) is 0 Å². The predicted molar refractivity (Wildman–Crippen MR) is 214 cm³/mol. The first-order valence-corrected chi connectivity index (χ1v) is 22.2. The fraction of sp³-hybridized carbons (Fsp3) is 0.829. The number of hydrogen-bond donors (Lipinski definition) is 5. The number of nitrogens with two attached hydrogens (primary N) is 1. The molecule has 1 amide bonds. The van der Waals surface area contributed by atoms with Gasteiger partial charge in [0.05, 0.1) is 37.9 Å². The Morgan fingerprint density at radius 3 is 1.63 bits per heavy atom. The minimum atomic E-state index is -4.41. The SMILES string of the molecule is CCCCCCC/C=C/CC/C=C/CC/C=C/C(O)C(COP(=O)(O)OCCN)NC(=O)CC(O)CCCCCCCCCCCCCCCC. The van der Waals surface area contributed by atoms with Crippen molar-refractivity contribution in [2.45, 2.75) is 199 Å². The third-order valence-corrected chi connectivity index (χ3v) is 9.99. The van der Waals surface area contributed by atoms with Gasteiger partial charge in [-0.2, -0.15) is 0 Å². The maximum absolute atomic E-state index is 12.8. The molecule has 0 spiro atoms. The van der Waals surface area contributed by atoms with Gasteiger partial charge >= 0.3 is 7.82 Å². The second-order valence-electron chi connectivity index (χ2n) is 14.0. The highest BCUT2D eigenvalue weighted by Gasteiger charge is 2.27. The number of rotatable bonds is 38. The Hall–Kier alpha value is -1.32. The van der Waals surface area contributed by atoms with Crippen LogP contribution < -0.4 is 11.1 Å². The van der Waals surface area contributed by atoms with Crippen molar-refractivity contribution < 1.29 is 33.5 Å². The van der Waals surface area contributed by atoms with Gasteiger partial charge in [0.15, 0.2) is 0 Å². The molecular weight excluding hydrogens is 663 g/mol. The number of amides is 1. The van der Waals surface area contributed by atoms with Crippen molar-refractivity contribution >= 4 is 13.7 Å². The minimum absolute atomic E-state index is 0.0426. The zero-order valence-electron chi connectivity index (χ0n) is 32.7. The Balaban J connectivity index is 4.44. The number of carbonyl (C=O) groups excluding carboxylic acids is 1. The highest BCUT2D eigenvalue weighted by atomic mass is 31.2. The summed E-state index contributed by atoms with van der Waals surface area (Å²) in [5.41, 5.74) is 5.35. The van der Waals surface area contributed by atoms with E-state index < -0.39 is 38.6 Å². The summed E-state index contributed by atoms with van der Waals surface area (Å²) in [5.74, 6) is -0.460. The quantitative estimate of drug-likeness (QED) is 0.0238. The number of carbonyl (C=O) groups is 1. The minimum Gasteiger partial charge on any atom is -0.393 e. The highest BCUT2D eigenvalue weighted by Crippen LogP contribution is 2.43. The largest absolute Gasteiger partial charge is 0.472 e. The molecule has 51 heavy (non-hydrogen) atoms. The van der Waals surface area contributed by atoms with Crippen LogP contribution in [0.15, 0.2) is 36.5 Å². The van der Waals surface area contributed by atoms with Gasteiger partial charge in [0.25, 0.3) is 0 Å². The molecule has 10 heteroatoms. The summed E-state index contributed by atoms with van der Waals surface area (Å²) in [6.45, 7) is 3.92. The molecule has 0 heterocycles. The average molecular weight is 743 g/mol. The van der Waals surface area contributed by atoms with Crippen LogP contribution >= 0.6 is 7.82 Å². The molecule has 0 fully saturated rings. The van der Waals surface area contributed by atoms with Crippen LogP contribution in [0, 0.1) is 0 Å². The van der Waals surface area contributed by atoms with Crippen LogP contribution in [0.3, 0.4) is 0 Å². The Labute approximate surface area is 312 Å². The van der Waals surface area contributed by atoms with Crippen LogP contribution in [-0.2, 0) is 18.4 Å². The Bertz CT molecular complexity index is 914. The first-order valence-electron chi connectivity index (χ1n) is 20.7. The van der Waals surface area contributed by atoms with Gasteiger partial charge in [0.1, 0.15) is 0 Å². The van der Waals surface area contributed by atoms with E-state index in [1.807, 2.05) is 6.08 Å². The molecule has 4 atom stereocenters. The number of aliphatic hydroxyl groups is 2. The van der Waals surface area contributed by atoms with E-state index >= 15 is 0 Å². The van der Waals surface area contributed by atoms with Crippen LogP contribution in [-0.4, -0.2) is 59.0 Å². The molecule has 0 aliphatic heterocycles. The zero-order valence-corrected chi connectivity index (χ0v) is 33.6. The third kappa shape index (κ3) is 35.5. The lowest BCUT2D eigenvalue weighted by Gasteiger charge is -2.24. The van der Waals surface area contributed by atoms with Gasteiger partial charge in [-0.1, -0.05) is 166 Å². The summed E-state index contributed by atoms with van der Waals surface area (Å²) in [4.78, 5) is 22.7. The number of allylic oxidation sites excluding steroid dienone is 5. The average Bonchev–Trinajstić information content (AvgIpc) is 3.10. The standard InChI is InChI=1S/C41H79N2O7P/c1-3-5-7-9-11-13-15-17-19-21-23-25-27-29-31-33-40(45)39(37-50-51(47,48)49-35-34-42)43-41(46)36-38(44)32-30-28-26-24-22-20-18-16-14-12-10-8-6-4-2/h15,17,23,25,31,33,38-40,44-45H,3-14,16,18-22,24,26-30,32,34-37,42H2,1-2H3,(H,43,46)(H,47,48)/b17-15+,25-23+,33-31+. The summed E-state index contributed by atoms with van der Waals surface area (Å²) < 4.78 is 22.0. The van der Waals surface area contributed by atoms with E-state index in [1.165, 1.54) is 103 Å². The molecule has 6 N–H and O–H groups in total. The fourth-order valence-corrected chi connectivity index (χ4v) is 6.61. The summed E-state index contributed by atoms with van der Waals surface area (Å²) in [5, 5.41) is 24.0. The maximum atomic E-state index is 12.8. The number of unbranched alkanes of at least 4 members (excludes halogenated alkanes) is 20. The van der Waals surface area contributed by atoms with Crippen LogP contribution in [0.4, 0.5) is 0 Å². The second kappa shape index (κ2) is 37.0. The molecule has 9 nitrogen and oxygen atoms in total. The molecular formula is C41H79N2O7P. The Kier molecular flexibility index (Phi) is 36.1. The second-order valence-corrected chi connectivity index (χ2v) is 15.5. The molecule has 0 aliphatic rings. The highest BCUT2D eigenvalue weighted by molar-refractivity contribution is 7.47. The van der Waals surface area contributed by atoms with Crippen LogP contribution in [0.5, 0.6) is 0 Å². The van der Waals surface area contributed by atoms with Crippen LogP contribution in [0.2, 0.25) is 0 Å². The van der Waals surface area contributed by atoms with Gasteiger partial charge in [-0.3, -0.25) is 13.8 Å². The van der Waals surface area contributed by atoms with E-state index in [-0.39, 0.29) is 19.6 Å². The van der Waals surface area contributed by atoms with Crippen molar-refractivity contribution in [1.82, 2.24) is 5.32 Å². The first kappa shape index (κ1) is 49.7. The van der Waals surface area contributed by atoms with Gasteiger partial charge in [0.2, 0.25) is 5.91 Å².